The molecule has 5 nitrogen and oxygen atoms in total. The lowest BCUT2D eigenvalue weighted by molar-refractivity contribution is 0.0941. The summed E-state index contributed by atoms with van der Waals surface area (Å²) in [4.78, 5) is 17.7. The van der Waals surface area contributed by atoms with E-state index in [1.807, 2.05) is 48.5 Å². The molecule has 0 radical (unpaired) electrons. The van der Waals surface area contributed by atoms with Gasteiger partial charge in [-0.15, -0.1) is 0 Å². The van der Waals surface area contributed by atoms with E-state index < -0.39 is 0 Å². The van der Waals surface area contributed by atoms with Gasteiger partial charge in [-0.2, -0.15) is 4.98 Å². The van der Waals surface area contributed by atoms with Crippen molar-refractivity contribution in [1.82, 2.24) is 10.1 Å². The maximum atomic E-state index is 13.1. The zero-order valence-corrected chi connectivity index (χ0v) is 17.8. The molecule has 2 aromatic carbocycles. The molecule has 1 N–H and O–H groups in total. The van der Waals surface area contributed by atoms with E-state index in [4.69, 9.17) is 4.52 Å². The van der Waals surface area contributed by atoms with E-state index in [2.05, 4.69) is 29.3 Å². The summed E-state index contributed by atoms with van der Waals surface area (Å²) in [7, 11) is 0. The van der Waals surface area contributed by atoms with Crippen molar-refractivity contribution < 1.29 is 9.32 Å². The predicted octanol–water partition coefficient (Wildman–Crippen LogP) is 6.52. The molecule has 0 bridgehead atoms. The number of ketones is 1. The van der Waals surface area contributed by atoms with Crippen molar-refractivity contribution in [2.24, 2.45) is 0 Å². The second kappa shape index (κ2) is 8.82. The fourth-order valence-electron chi connectivity index (χ4n) is 4.25. The van der Waals surface area contributed by atoms with Gasteiger partial charge in [0.15, 0.2) is 5.78 Å². The number of Topliss-reactive ketones (excluding diaryl/α,β-unsaturated/α-hetero) is 1. The number of unbranched alkanes of at least 4 members (excludes halogenated alkanes) is 2. The third kappa shape index (κ3) is 4.16. The minimum absolute atomic E-state index is 0.122. The summed E-state index contributed by atoms with van der Waals surface area (Å²) < 4.78 is 5.49. The van der Waals surface area contributed by atoms with Crippen molar-refractivity contribution in [3.8, 4) is 22.8 Å². The summed E-state index contributed by atoms with van der Waals surface area (Å²) in [6.07, 6.45) is 7.12. The Bertz CT molecular complexity index is 1000. The molecule has 0 unspecified atom stereocenters. The highest BCUT2D eigenvalue weighted by Gasteiger charge is 2.37. The SMILES string of the molecule is CCCCC1(CCCC)CC(=O)c2cc(-c3nc(-c4ccccc4)no3)ccc2N1. The molecule has 1 aromatic heterocycles. The van der Waals surface area contributed by atoms with E-state index in [9.17, 15) is 4.79 Å². The van der Waals surface area contributed by atoms with Gasteiger partial charge in [0.05, 0.1) is 0 Å². The molecule has 0 atom stereocenters. The van der Waals surface area contributed by atoms with Crippen molar-refractivity contribution in [1.29, 1.82) is 0 Å². The second-order valence-corrected chi connectivity index (χ2v) is 8.26. The van der Waals surface area contributed by atoms with Crippen molar-refractivity contribution in [2.75, 3.05) is 5.32 Å². The molecular weight excluding hydrogens is 374 g/mol. The van der Waals surface area contributed by atoms with Gasteiger partial charge in [-0.25, -0.2) is 0 Å². The number of hydrogen-bond acceptors (Lipinski definition) is 5. The van der Waals surface area contributed by atoms with Crippen molar-refractivity contribution in [2.45, 2.75) is 64.3 Å². The van der Waals surface area contributed by atoms with Crippen LogP contribution >= 0.6 is 0 Å². The molecule has 1 aliphatic rings. The third-order valence-electron chi connectivity index (χ3n) is 5.94. The number of nitrogens with zero attached hydrogens (tertiary/aromatic N) is 2. The fraction of sp³-hybridized carbons (Fsp3) is 0.400. The van der Waals surface area contributed by atoms with Crippen LogP contribution in [0.2, 0.25) is 0 Å². The molecule has 5 heteroatoms. The summed E-state index contributed by atoms with van der Waals surface area (Å²) in [5.41, 5.74) is 3.19. The van der Waals surface area contributed by atoms with Gasteiger partial charge in [0.25, 0.3) is 5.89 Å². The normalized spacial score (nSPS) is 14.9. The van der Waals surface area contributed by atoms with Gasteiger partial charge in [-0.1, -0.05) is 75.0 Å². The first kappa shape index (κ1) is 20.3. The number of carbonyl (C=O) groups is 1. The molecule has 4 rings (SSSR count). The molecule has 2 heterocycles. The largest absolute Gasteiger partial charge is 0.379 e. The highest BCUT2D eigenvalue weighted by Crippen LogP contribution is 2.39. The van der Waals surface area contributed by atoms with Crippen LogP contribution in [0.5, 0.6) is 0 Å². The molecule has 3 aromatic rings. The van der Waals surface area contributed by atoms with Crippen LogP contribution in [-0.4, -0.2) is 21.5 Å². The Morgan fingerprint density at radius 2 is 1.73 bits per heavy atom. The number of benzene rings is 2. The van der Waals surface area contributed by atoms with E-state index in [0.29, 0.717) is 18.1 Å². The maximum Gasteiger partial charge on any atom is 0.258 e. The number of anilines is 1. The number of rotatable bonds is 8. The quantitative estimate of drug-likeness (QED) is 0.463. The minimum atomic E-state index is -0.122. The van der Waals surface area contributed by atoms with Crippen LogP contribution in [0.1, 0.15) is 69.2 Å². The van der Waals surface area contributed by atoms with Gasteiger partial charge < -0.3 is 9.84 Å². The zero-order valence-electron chi connectivity index (χ0n) is 17.8. The van der Waals surface area contributed by atoms with Crippen LogP contribution in [0.15, 0.2) is 53.1 Å². The lowest BCUT2D eigenvalue weighted by atomic mass is 9.78. The van der Waals surface area contributed by atoms with E-state index >= 15 is 0 Å². The van der Waals surface area contributed by atoms with E-state index in [1.54, 1.807) is 0 Å². The number of hydrogen-bond donors (Lipinski definition) is 1. The molecule has 0 saturated heterocycles. The van der Waals surface area contributed by atoms with Gasteiger partial charge in [0, 0.05) is 34.3 Å². The van der Waals surface area contributed by atoms with Crippen LogP contribution in [0.25, 0.3) is 22.8 Å². The molecule has 0 saturated carbocycles. The topological polar surface area (TPSA) is 68.0 Å². The lowest BCUT2D eigenvalue weighted by Crippen LogP contribution is -2.44. The molecule has 156 valence electrons. The second-order valence-electron chi connectivity index (χ2n) is 8.26. The van der Waals surface area contributed by atoms with E-state index in [1.165, 1.54) is 0 Å². The summed E-state index contributed by atoms with van der Waals surface area (Å²) in [6.45, 7) is 4.40. The predicted molar refractivity (Wildman–Crippen MR) is 120 cm³/mol. The first-order valence-corrected chi connectivity index (χ1v) is 11.0. The van der Waals surface area contributed by atoms with Crippen LogP contribution in [-0.2, 0) is 0 Å². The number of carbonyl (C=O) groups excluding carboxylic acids is 1. The van der Waals surface area contributed by atoms with Crippen LogP contribution in [0.3, 0.4) is 0 Å². The molecule has 30 heavy (non-hydrogen) atoms. The first-order valence-electron chi connectivity index (χ1n) is 11.0. The van der Waals surface area contributed by atoms with Crippen molar-refractivity contribution >= 4 is 11.5 Å². The van der Waals surface area contributed by atoms with E-state index in [-0.39, 0.29) is 11.3 Å². The summed E-state index contributed by atoms with van der Waals surface area (Å²) in [6, 6.07) is 15.6. The van der Waals surface area contributed by atoms with Crippen LogP contribution in [0, 0.1) is 0 Å². The molecule has 1 aliphatic heterocycles. The van der Waals surface area contributed by atoms with Gasteiger partial charge in [-0.05, 0) is 31.0 Å². The minimum Gasteiger partial charge on any atom is -0.379 e. The Morgan fingerprint density at radius 1 is 1.00 bits per heavy atom. The highest BCUT2D eigenvalue weighted by atomic mass is 16.5. The zero-order chi connectivity index (χ0) is 21.0. The van der Waals surface area contributed by atoms with Gasteiger partial charge in [0.1, 0.15) is 0 Å². The Hall–Kier alpha value is -2.95. The van der Waals surface area contributed by atoms with Gasteiger partial charge in [0.2, 0.25) is 5.82 Å². The fourth-order valence-corrected chi connectivity index (χ4v) is 4.25. The van der Waals surface area contributed by atoms with Crippen LogP contribution < -0.4 is 5.32 Å². The monoisotopic (exact) mass is 403 g/mol. The summed E-state index contributed by atoms with van der Waals surface area (Å²) in [5, 5.41) is 7.83. The van der Waals surface area contributed by atoms with Gasteiger partial charge >= 0.3 is 0 Å². The lowest BCUT2D eigenvalue weighted by Gasteiger charge is -2.40. The Morgan fingerprint density at radius 3 is 2.43 bits per heavy atom. The number of aromatic nitrogens is 2. The number of nitrogens with one attached hydrogen (secondary N) is 1. The smallest absolute Gasteiger partial charge is 0.258 e. The van der Waals surface area contributed by atoms with E-state index in [0.717, 1.165) is 60.9 Å². The summed E-state index contributed by atoms with van der Waals surface area (Å²) in [5.74, 6) is 1.17. The van der Waals surface area contributed by atoms with Gasteiger partial charge in [-0.3, -0.25) is 4.79 Å². The first-order chi connectivity index (χ1) is 14.6. The number of fused-ring (bicyclic) bond motifs is 1. The molecule has 0 aliphatic carbocycles. The molecule has 0 spiro atoms. The standard InChI is InChI=1S/C25H29N3O2/c1-3-5-14-25(15-6-4-2)17-22(29)20-16-19(12-13-21(20)27-25)24-26-23(28-30-24)18-10-8-7-9-11-18/h7-13,16,27H,3-6,14-15,17H2,1-2H3. The molecular formula is C25H29N3O2. The Balaban J connectivity index is 1.61. The third-order valence-corrected chi connectivity index (χ3v) is 5.94. The average molecular weight is 404 g/mol. The van der Waals surface area contributed by atoms with Crippen molar-refractivity contribution in [3.05, 3.63) is 54.1 Å². The van der Waals surface area contributed by atoms with Crippen LogP contribution in [0.4, 0.5) is 5.69 Å². The maximum absolute atomic E-state index is 13.1. The van der Waals surface area contributed by atoms with Crippen molar-refractivity contribution in [3.63, 3.8) is 0 Å². The molecule has 0 fully saturated rings. The molecule has 0 amide bonds. The average Bonchev–Trinajstić information content (AvgIpc) is 3.27. The highest BCUT2D eigenvalue weighted by molar-refractivity contribution is 6.05. The summed E-state index contributed by atoms with van der Waals surface area (Å²) >= 11 is 0. The Kier molecular flexibility index (Phi) is 5.98. The Labute approximate surface area is 177 Å².